The third-order valence-electron chi connectivity index (χ3n) is 0.500. The molecule has 0 aliphatic rings. The lowest BCUT2D eigenvalue weighted by atomic mass is 10.4. The van der Waals surface area contributed by atoms with Crippen molar-refractivity contribution in [2.24, 2.45) is 5.90 Å². The first kappa shape index (κ1) is 15.7. The lowest BCUT2D eigenvalue weighted by Crippen LogP contribution is -1.72. The number of hydrogen-bond donors (Lipinski definition) is 2. The Morgan fingerprint density at radius 1 is 1.14 bits per heavy atom. The second-order valence-corrected chi connectivity index (χ2v) is 1.000. The van der Waals surface area contributed by atoms with E-state index in [0.717, 1.165) is 0 Å². The van der Waals surface area contributed by atoms with Gasteiger partial charge in [0.25, 0.3) is 0 Å². The molecule has 7 heavy (non-hydrogen) atoms. The van der Waals surface area contributed by atoms with Crippen molar-refractivity contribution in [2.75, 3.05) is 0 Å². The van der Waals surface area contributed by atoms with Crippen LogP contribution in [0.5, 0.6) is 0 Å². The highest BCUT2D eigenvalue weighted by Crippen LogP contribution is 1.76. The van der Waals surface area contributed by atoms with Crippen molar-refractivity contribution >= 4 is 12.4 Å². The summed E-state index contributed by atoms with van der Waals surface area (Å²) in [5, 5.41) is 6.50. The Balaban J connectivity index is -0.0000000480. The van der Waals surface area contributed by atoms with E-state index in [1.54, 1.807) is 0 Å². The molecule has 0 saturated carbocycles. The van der Waals surface area contributed by atoms with E-state index in [1.807, 2.05) is 0 Å². The van der Waals surface area contributed by atoms with E-state index in [2.05, 4.69) is 19.7 Å². The molecule has 3 N–H and O–H groups in total. The molecule has 0 fully saturated rings. The van der Waals surface area contributed by atoms with Crippen LogP contribution < -0.4 is 5.90 Å². The smallest absolute Gasteiger partial charge is 0.0564 e. The Labute approximate surface area is 51.1 Å². The molecule has 0 saturated heterocycles. The van der Waals surface area contributed by atoms with E-state index in [-0.39, 0.29) is 12.4 Å². The minimum Gasteiger partial charge on any atom is -0.320 e. The predicted molar refractivity (Wildman–Crippen MR) is 33.8 cm³/mol. The normalized spacial score (nSPS) is 5.14. The maximum Gasteiger partial charge on any atom is -0.0564 e. The fourth-order valence-corrected chi connectivity index (χ4v) is 0. The van der Waals surface area contributed by atoms with Crippen molar-refractivity contribution in [3.05, 3.63) is 0 Å². The molecule has 0 aromatic heterocycles. The van der Waals surface area contributed by atoms with Gasteiger partial charge < -0.3 is 5.21 Å². The minimum atomic E-state index is 0. The molecule has 0 aromatic rings. The first-order chi connectivity index (χ1) is 2.91. The molecule has 48 valence electrons. The molecule has 0 amide bonds. The fourth-order valence-electron chi connectivity index (χ4n) is 0. The zero-order valence-corrected chi connectivity index (χ0v) is 5.66. The molecule has 3 heteroatoms. The Morgan fingerprint density at radius 2 is 1.29 bits per heavy atom. The van der Waals surface area contributed by atoms with Gasteiger partial charge >= 0.3 is 0 Å². The summed E-state index contributed by atoms with van der Waals surface area (Å²) < 4.78 is 0. The van der Waals surface area contributed by atoms with Gasteiger partial charge in [-0.05, 0) is 0 Å². The zero-order chi connectivity index (χ0) is 5.41. The van der Waals surface area contributed by atoms with Gasteiger partial charge in [-0.25, -0.2) is 5.90 Å². The lowest BCUT2D eigenvalue weighted by molar-refractivity contribution is 0.311. The van der Waals surface area contributed by atoms with Gasteiger partial charge in [-0.15, -0.1) is 12.4 Å². The zero-order valence-electron chi connectivity index (χ0n) is 4.85. The monoisotopic (exact) mass is 127 g/mol. The van der Waals surface area contributed by atoms with Crippen LogP contribution in [0.1, 0.15) is 26.7 Å². The molecule has 0 bridgehead atoms. The van der Waals surface area contributed by atoms with Gasteiger partial charge in [0, 0.05) is 0 Å². The Bertz CT molecular complexity index is 13.7. The molecule has 2 nitrogen and oxygen atoms in total. The van der Waals surface area contributed by atoms with Crippen molar-refractivity contribution in [2.45, 2.75) is 26.7 Å². The van der Waals surface area contributed by atoms with Crippen LogP contribution in [0.3, 0.4) is 0 Å². The van der Waals surface area contributed by atoms with Crippen molar-refractivity contribution in [3.8, 4) is 0 Å². The first-order valence-electron chi connectivity index (χ1n) is 2.17. The Kier molecular flexibility index (Phi) is 77.3. The van der Waals surface area contributed by atoms with Crippen molar-refractivity contribution in [3.63, 3.8) is 0 Å². The highest BCUT2D eigenvalue weighted by molar-refractivity contribution is 5.85. The standard InChI is InChI=1S/C4H10.ClH.H3NO/c1-3-4-2;;1-2/h3-4H2,1-2H3;1H;2H,1H2. The molecule has 0 aliphatic heterocycles. The molecule has 0 heterocycles. The number of nitrogens with two attached hydrogens (primary N) is 1. The minimum absolute atomic E-state index is 0. The number of rotatable bonds is 1. The van der Waals surface area contributed by atoms with Crippen LogP contribution in [-0.4, -0.2) is 5.21 Å². The van der Waals surface area contributed by atoms with E-state index in [1.165, 1.54) is 12.8 Å². The largest absolute Gasteiger partial charge is 0.320 e. The highest BCUT2D eigenvalue weighted by Gasteiger charge is 1.56. The maximum absolute atomic E-state index is 6.50. The van der Waals surface area contributed by atoms with Crippen LogP contribution >= 0.6 is 12.4 Å². The van der Waals surface area contributed by atoms with Crippen LogP contribution in [0, 0.1) is 0 Å². The Hall–Kier alpha value is 0.210. The quantitative estimate of drug-likeness (QED) is 0.526. The summed E-state index contributed by atoms with van der Waals surface area (Å²) in [4.78, 5) is 0. The van der Waals surface area contributed by atoms with E-state index in [0.29, 0.717) is 0 Å². The summed E-state index contributed by atoms with van der Waals surface area (Å²) in [6.07, 6.45) is 2.64. The topological polar surface area (TPSA) is 46.2 Å². The second-order valence-electron chi connectivity index (χ2n) is 1.000. The Morgan fingerprint density at radius 3 is 1.29 bits per heavy atom. The molecule has 0 radical (unpaired) electrons. The van der Waals surface area contributed by atoms with E-state index in [4.69, 9.17) is 5.21 Å². The summed E-state index contributed by atoms with van der Waals surface area (Å²) in [5.41, 5.74) is 0. The molecule has 0 aliphatic carbocycles. The lowest BCUT2D eigenvalue weighted by Gasteiger charge is -1.68. The summed E-state index contributed by atoms with van der Waals surface area (Å²) in [5.74, 6) is 3.50. The van der Waals surface area contributed by atoms with Gasteiger partial charge in [0.15, 0.2) is 0 Å². The summed E-state index contributed by atoms with van der Waals surface area (Å²) in [6, 6.07) is 0. The summed E-state index contributed by atoms with van der Waals surface area (Å²) in [7, 11) is 0. The average molecular weight is 128 g/mol. The molecule has 0 aromatic carbocycles. The van der Waals surface area contributed by atoms with Crippen LogP contribution in [0.2, 0.25) is 0 Å². The van der Waals surface area contributed by atoms with Gasteiger partial charge in [-0.1, -0.05) is 26.7 Å². The van der Waals surface area contributed by atoms with Crippen LogP contribution in [0.15, 0.2) is 0 Å². The molecular formula is C4H14ClNO. The molecule has 0 atom stereocenters. The van der Waals surface area contributed by atoms with Crippen molar-refractivity contribution in [1.29, 1.82) is 0 Å². The van der Waals surface area contributed by atoms with E-state index >= 15 is 0 Å². The molecule has 0 spiro atoms. The van der Waals surface area contributed by atoms with Gasteiger partial charge in [0.05, 0.1) is 0 Å². The first-order valence-corrected chi connectivity index (χ1v) is 2.17. The van der Waals surface area contributed by atoms with Gasteiger partial charge in [0.1, 0.15) is 0 Å². The average Bonchev–Trinajstić information content (AvgIpc) is 1.72. The van der Waals surface area contributed by atoms with Crippen LogP contribution in [0.4, 0.5) is 0 Å². The third-order valence-corrected chi connectivity index (χ3v) is 0.500. The van der Waals surface area contributed by atoms with E-state index < -0.39 is 0 Å². The molecular weight excluding hydrogens is 114 g/mol. The maximum atomic E-state index is 6.50. The molecule has 0 unspecified atom stereocenters. The summed E-state index contributed by atoms with van der Waals surface area (Å²) >= 11 is 0. The van der Waals surface area contributed by atoms with Crippen LogP contribution in [0.25, 0.3) is 0 Å². The van der Waals surface area contributed by atoms with E-state index in [9.17, 15) is 0 Å². The van der Waals surface area contributed by atoms with Gasteiger partial charge in [-0.3, -0.25) is 0 Å². The van der Waals surface area contributed by atoms with Gasteiger partial charge in [-0.2, -0.15) is 0 Å². The highest BCUT2D eigenvalue weighted by atomic mass is 35.5. The van der Waals surface area contributed by atoms with Crippen LogP contribution in [-0.2, 0) is 0 Å². The number of halogens is 1. The third kappa shape index (κ3) is 75.2. The second kappa shape index (κ2) is 34.5. The predicted octanol–water partition coefficient (Wildman–Crippen LogP) is 1.56. The SMILES string of the molecule is CCCC.Cl.NO. The van der Waals surface area contributed by atoms with Crippen molar-refractivity contribution in [1.82, 2.24) is 0 Å². The van der Waals surface area contributed by atoms with Gasteiger partial charge in [0.2, 0.25) is 0 Å². The summed E-state index contributed by atoms with van der Waals surface area (Å²) in [6.45, 7) is 4.36. The van der Waals surface area contributed by atoms with Crippen molar-refractivity contribution < 1.29 is 5.21 Å². The number of unbranched alkanes of at least 4 members (excludes halogenated alkanes) is 1. The fraction of sp³-hybridized carbons (Fsp3) is 1.00. The number of hydrogen-bond acceptors (Lipinski definition) is 2. The molecule has 0 rings (SSSR count).